The first-order chi connectivity index (χ1) is 14.5. The van der Waals surface area contributed by atoms with Crippen LogP contribution in [0.2, 0.25) is 5.02 Å². The van der Waals surface area contributed by atoms with Crippen molar-refractivity contribution in [2.45, 2.75) is 46.1 Å². The molecule has 0 unspecified atom stereocenters. The molecule has 0 aliphatic heterocycles. The molecule has 1 aromatic heterocycles. The fourth-order valence-electron chi connectivity index (χ4n) is 3.99. The van der Waals surface area contributed by atoms with E-state index in [0.717, 1.165) is 52.0 Å². The highest BCUT2D eigenvalue weighted by molar-refractivity contribution is 6.30. The van der Waals surface area contributed by atoms with Gasteiger partial charge in [-0.1, -0.05) is 23.7 Å². The summed E-state index contributed by atoms with van der Waals surface area (Å²) in [5.41, 5.74) is 4.97. The maximum Gasteiger partial charge on any atom is 0.244 e. The molecule has 1 aliphatic rings. The van der Waals surface area contributed by atoms with E-state index in [0.29, 0.717) is 18.2 Å². The summed E-state index contributed by atoms with van der Waals surface area (Å²) < 4.78 is 12.0. The normalized spacial score (nSPS) is 13.9. The fourth-order valence-corrected chi connectivity index (χ4v) is 4.12. The van der Waals surface area contributed by atoms with E-state index < -0.39 is 0 Å². The quantitative estimate of drug-likeness (QED) is 0.488. The lowest BCUT2D eigenvalue weighted by molar-refractivity contribution is -0.116. The average molecular weight is 424 g/mol. The first-order valence-corrected chi connectivity index (χ1v) is 10.8. The second-order valence-electron chi connectivity index (χ2n) is 7.66. The standard InChI is InChI=1S/C25H26ClNO3/c1-3-29-23-14-24-21(19-6-4-5-7-22(19)30-24)13-20(23)16(2)12-25(28)27-15-17-8-10-18(26)11-9-17/h8-14H,3-7,15H2,1-2H3,(H,27,28)/b16-12+. The zero-order valence-electron chi connectivity index (χ0n) is 17.4. The van der Waals surface area contributed by atoms with Crippen LogP contribution >= 0.6 is 11.6 Å². The van der Waals surface area contributed by atoms with Gasteiger partial charge in [-0.25, -0.2) is 0 Å². The van der Waals surface area contributed by atoms with Crippen molar-refractivity contribution in [3.8, 4) is 5.75 Å². The summed E-state index contributed by atoms with van der Waals surface area (Å²) in [4.78, 5) is 12.5. The van der Waals surface area contributed by atoms with Crippen molar-refractivity contribution in [2.75, 3.05) is 6.61 Å². The number of aryl methyl sites for hydroxylation is 2. The molecule has 1 amide bonds. The Morgan fingerprint density at radius 3 is 2.73 bits per heavy atom. The number of halogens is 1. The van der Waals surface area contributed by atoms with Crippen LogP contribution in [0.1, 0.15) is 49.1 Å². The van der Waals surface area contributed by atoms with E-state index in [1.54, 1.807) is 6.08 Å². The van der Waals surface area contributed by atoms with Gasteiger partial charge < -0.3 is 14.5 Å². The molecular formula is C25H26ClNO3. The predicted octanol–water partition coefficient (Wildman–Crippen LogP) is 6.08. The van der Waals surface area contributed by atoms with Crippen molar-refractivity contribution in [1.82, 2.24) is 5.32 Å². The fraction of sp³-hybridized carbons (Fsp3) is 0.320. The maximum atomic E-state index is 12.5. The zero-order valence-corrected chi connectivity index (χ0v) is 18.1. The highest BCUT2D eigenvalue weighted by Gasteiger charge is 2.20. The Balaban J connectivity index is 1.60. The van der Waals surface area contributed by atoms with Crippen LogP contribution < -0.4 is 10.1 Å². The van der Waals surface area contributed by atoms with Gasteiger partial charge in [0, 0.05) is 46.6 Å². The Morgan fingerprint density at radius 1 is 1.20 bits per heavy atom. The number of amides is 1. The molecule has 1 aliphatic carbocycles. The van der Waals surface area contributed by atoms with Crippen LogP contribution in [-0.2, 0) is 24.2 Å². The largest absolute Gasteiger partial charge is 0.493 e. The number of nitrogens with one attached hydrogen (secondary N) is 1. The number of hydrogen-bond acceptors (Lipinski definition) is 3. The van der Waals surface area contributed by atoms with E-state index in [1.165, 1.54) is 18.4 Å². The summed E-state index contributed by atoms with van der Waals surface area (Å²) in [6, 6.07) is 11.5. The lowest BCUT2D eigenvalue weighted by Gasteiger charge is -2.12. The van der Waals surface area contributed by atoms with Crippen molar-refractivity contribution in [3.05, 3.63) is 69.9 Å². The van der Waals surface area contributed by atoms with Crippen LogP contribution in [-0.4, -0.2) is 12.5 Å². The highest BCUT2D eigenvalue weighted by Crippen LogP contribution is 2.38. The summed E-state index contributed by atoms with van der Waals surface area (Å²) in [6.45, 7) is 4.90. The van der Waals surface area contributed by atoms with Gasteiger partial charge in [0.25, 0.3) is 0 Å². The SMILES string of the molecule is CCOc1cc2oc3c(c2cc1/C(C)=C/C(=O)NCc1ccc(Cl)cc1)CCCC3. The molecule has 1 heterocycles. The van der Waals surface area contributed by atoms with Gasteiger partial charge in [-0.2, -0.15) is 0 Å². The summed E-state index contributed by atoms with van der Waals surface area (Å²) in [5.74, 6) is 1.70. The number of benzene rings is 2. The molecule has 0 spiro atoms. The summed E-state index contributed by atoms with van der Waals surface area (Å²) in [5, 5.41) is 4.75. The minimum atomic E-state index is -0.140. The molecule has 3 aromatic rings. The van der Waals surface area contributed by atoms with E-state index in [9.17, 15) is 4.79 Å². The highest BCUT2D eigenvalue weighted by atomic mass is 35.5. The molecule has 5 heteroatoms. The number of carbonyl (C=O) groups is 1. The zero-order chi connectivity index (χ0) is 21.1. The number of rotatable bonds is 6. The molecule has 0 saturated carbocycles. The third kappa shape index (κ3) is 4.39. The molecule has 0 saturated heterocycles. The van der Waals surface area contributed by atoms with Crippen molar-refractivity contribution in [3.63, 3.8) is 0 Å². The lowest BCUT2D eigenvalue weighted by atomic mass is 9.94. The number of furan rings is 1. The van der Waals surface area contributed by atoms with E-state index in [4.69, 9.17) is 20.8 Å². The smallest absolute Gasteiger partial charge is 0.244 e. The van der Waals surface area contributed by atoms with Crippen LogP contribution in [0.25, 0.3) is 16.5 Å². The molecule has 4 rings (SSSR count). The minimum Gasteiger partial charge on any atom is -0.493 e. The first-order valence-electron chi connectivity index (χ1n) is 10.5. The van der Waals surface area contributed by atoms with Crippen molar-refractivity contribution in [1.29, 1.82) is 0 Å². The number of hydrogen-bond donors (Lipinski definition) is 1. The van der Waals surface area contributed by atoms with E-state index >= 15 is 0 Å². The predicted molar refractivity (Wildman–Crippen MR) is 121 cm³/mol. The van der Waals surface area contributed by atoms with Crippen LogP contribution in [0.4, 0.5) is 0 Å². The molecule has 0 fully saturated rings. The molecule has 4 nitrogen and oxygen atoms in total. The van der Waals surface area contributed by atoms with Gasteiger partial charge >= 0.3 is 0 Å². The molecule has 0 bridgehead atoms. The monoisotopic (exact) mass is 423 g/mol. The first kappa shape index (κ1) is 20.5. The second-order valence-corrected chi connectivity index (χ2v) is 8.10. The van der Waals surface area contributed by atoms with Gasteiger partial charge in [-0.3, -0.25) is 4.79 Å². The molecule has 156 valence electrons. The van der Waals surface area contributed by atoms with Gasteiger partial charge in [0.15, 0.2) is 0 Å². The Labute approximate surface area is 181 Å². The summed E-state index contributed by atoms with van der Waals surface area (Å²) in [6.07, 6.45) is 6.02. The molecule has 30 heavy (non-hydrogen) atoms. The average Bonchev–Trinajstić information content (AvgIpc) is 3.10. The maximum absolute atomic E-state index is 12.5. The Bertz CT molecular complexity index is 1100. The Kier molecular flexibility index (Phi) is 6.14. The van der Waals surface area contributed by atoms with E-state index in [1.807, 2.05) is 44.2 Å². The van der Waals surface area contributed by atoms with E-state index in [-0.39, 0.29) is 5.91 Å². The van der Waals surface area contributed by atoms with Crippen molar-refractivity contribution in [2.24, 2.45) is 0 Å². The molecule has 0 radical (unpaired) electrons. The van der Waals surface area contributed by atoms with Gasteiger partial charge in [-0.05, 0) is 62.4 Å². The molecule has 1 N–H and O–H groups in total. The third-order valence-electron chi connectivity index (χ3n) is 5.51. The van der Waals surface area contributed by atoms with Crippen LogP contribution in [0.5, 0.6) is 5.75 Å². The Hall–Kier alpha value is -2.72. The van der Waals surface area contributed by atoms with Gasteiger partial charge in [0.1, 0.15) is 17.1 Å². The number of fused-ring (bicyclic) bond motifs is 3. The second kappa shape index (κ2) is 8.97. The molecule has 2 aromatic carbocycles. The van der Waals surface area contributed by atoms with Crippen LogP contribution in [0.3, 0.4) is 0 Å². The summed E-state index contributed by atoms with van der Waals surface area (Å²) in [7, 11) is 0. The lowest BCUT2D eigenvalue weighted by Crippen LogP contribution is -2.20. The Morgan fingerprint density at radius 2 is 1.97 bits per heavy atom. The topological polar surface area (TPSA) is 51.5 Å². The third-order valence-corrected chi connectivity index (χ3v) is 5.76. The number of ether oxygens (including phenoxy) is 1. The molecule has 0 atom stereocenters. The number of allylic oxidation sites excluding steroid dienone is 1. The van der Waals surface area contributed by atoms with Gasteiger partial charge in [0.2, 0.25) is 5.91 Å². The minimum absolute atomic E-state index is 0.140. The van der Waals surface area contributed by atoms with Crippen molar-refractivity contribution < 1.29 is 13.9 Å². The summed E-state index contributed by atoms with van der Waals surface area (Å²) >= 11 is 5.91. The van der Waals surface area contributed by atoms with Gasteiger partial charge in [-0.15, -0.1) is 0 Å². The molecular weight excluding hydrogens is 398 g/mol. The van der Waals surface area contributed by atoms with Crippen LogP contribution in [0, 0.1) is 0 Å². The van der Waals surface area contributed by atoms with E-state index in [2.05, 4.69) is 11.4 Å². The van der Waals surface area contributed by atoms with Crippen molar-refractivity contribution >= 4 is 34.1 Å². The number of carbonyl (C=O) groups excluding carboxylic acids is 1. The van der Waals surface area contributed by atoms with Gasteiger partial charge in [0.05, 0.1) is 6.61 Å². The van der Waals surface area contributed by atoms with Crippen LogP contribution in [0.15, 0.2) is 46.9 Å².